The summed E-state index contributed by atoms with van der Waals surface area (Å²) in [6.07, 6.45) is 7.18. The van der Waals surface area contributed by atoms with E-state index in [2.05, 4.69) is 41.1 Å². The van der Waals surface area contributed by atoms with Crippen LogP contribution in [0.2, 0.25) is 0 Å². The summed E-state index contributed by atoms with van der Waals surface area (Å²) < 4.78 is 0. The average Bonchev–Trinajstić information content (AvgIpc) is 2.60. The van der Waals surface area contributed by atoms with Gasteiger partial charge in [-0.1, -0.05) is 32.1 Å². The number of phenolic OH excluding ortho intramolecular Hbond substituents is 1. The van der Waals surface area contributed by atoms with Crippen molar-refractivity contribution < 1.29 is 9.90 Å². The molecule has 0 fully saturated rings. The maximum atomic E-state index is 11.2. The first kappa shape index (κ1) is 18.0. The summed E-state index contributed by atoms with van der Waals surface area (Å²) in [5.41, 5.74) is 2.37. The van der Waals surface area contributed by atoms with Crippen molar-refractivity contribution in [1.82, 2.24) is 15.1 Å². The Kier molecular flexibility index (Phi) is 5.76. The fraction of sp³-hybridized carbons (Fsp3) is 0.550. The van der Waals surface area contributed by atoms with Gasteiger partial charge in [-0.15, -0.1) is 0 Å². The van der Waals surface area contributed by atoms with Crippen LogP contribution in [0.15, 0.2) is 30.4 Å². The van der Waals surface area contributed by atoms with Gasteiger partial charge in [-0.05, 0) is 35.6 Å². The number of aromatic hydroxyl groups is 1. The molecule has 0 saturated carbocycles. The van der Waals surface area contributed by atoms with E-state index in [9.17, 15) is 9.90 Å². The molecule has 2 heterocycles. The van der Waals surface area contributed by atoms with Crippen molar-refractivity contribution in [3.63, 3.8) is 0 Å². The average molecular weight is 343 g/mol. The summed E-state index contributed by atoms with van der Waals surface area (Å²) in [6.45, 7) is 8.34. The Bertz CT molecular complexity index is 629. The predicted molar refractivity (Wildman–Crippen MR) is 99.2 cm³/mol. The van der Waals surface area contributed by atoms with Crippen molar-refractivity contribution >= 4 is 6.41 Å². The minimum Gasteiger partial charge on any atom is -0.508 e. The van der Waals surface area contributed by atoms with E-state index in [1.807, 2.05) is 12.1 Å². The largest absolute Gasteiger partial charge is 0.508 e. The molecule has 2 atom stereocenters. The highest BCUT2D eigenvalue weighted by atomic mass is 16.3. The van der Waals surface area contributed by atoms with Crippen LogP contribution in [-0.4, -0.2) is 53.2 Å². The number of carbonyl (C=O) groups is 1. The third-order valence-corrected chi connectivity index (χ3v) is 5.40. The van der Waals surface area contributed by atoms with E-state index in [0.29, 0.717) is 17.7 Å². The lowest BCUT2D eigenvalue weighted by atomic mass is 9.92. The number of nitrogens with zero attached hydrogens (tertiary/aromatic N) is 2. The van der Waals surface area contributed by atoms with Crippen LogP contribution in [0.25, 0.3) is 0 Å². The van der Waals surface area contributed by atoms with E-state index < -0.39 is 0 Å². The standard InChI is InChI=1S/C20H29N3O2/c1-15(2)19(13-22-8-4-3-5-9-22)23-12-17-10-18(25)7-6-16(17)11-20(23)21-14-24/h3-4,6-7,10,14-15,19-20,25H,5,8-9,11-13H2,1-2H3,(H,21,24)/t19-,20-/m1/s1. The van der Waals surface area contributed by atoms with Gasteiger partial charge < -0.3 is 10.4 Å². The lowest BCUT2D eigenvalue weighted by Crippen LogP contribution is -2.57. The van der Waals surface area contributed by atoms with Crippen molar-refractivity contribution in [2.45, 2.75) is 45.4 Å². The second-order valence-electron chi connectivity index (χ2n) is 7.46. The monoisotopic (exact) mass is 343 g/mol. The van der Waals surface area contributed by atoms with Crippen molar-refractivity contribution in [2.24, 2.45) is 5.92 Å². The normalized spacial score (nSPS) is 22.6. The molecular formula is C20H29N3O2. The van der Waals surface area contributed by atoms with Crippen LogP contribution in [0.5, 0.6) is 5.75 Å². The molecule has 1 aromatic rings. The molecule has 136 valence electrons. The molecule has 3 rings (SSSR count). The lowest BCUT2D eigenvalue weighted by molar-refractivity contribution is -0.112. The Morgan fingerprint density at radius 3 is 2.84 bits per heavy atom. The molecule has 0 aromatic heterocycles. The minimum atomic E-state index is 0.00211. The first-order valence-electron chi connectivity index (χ1n) is 9.22. The van der Waals surface area contributed by atoms with Crippen molar-refractivity contribution in [3.05, 3.63) is 41.5 Å². The molecule has 0 saturated heterocycles. The van der Waals surface area contributed by atoms with Gasteiger partial charge in [0.1, 0.15) is 5.75 Å². The molecule has 0 bridgehead atoms. The molecule has 0 radical (unpaired) electrons. The number of hydrogen-bond donors (Lipinski definition) is 2. The summed E-state index contributed by atoms with van der Waals surface area (Å²) >= 11 is 0. The molecule has 1 aromatic carbocycles. The smallest absolute Gasteiger partial charge is 0.208 e. The van der Waals surface area contributed by atoms with E-state index in [4.69, 9.17) is 0 Å². The summed E-state index contributed by atoms with van der Waals surface area (Å²) in [5, 5.41) is 12.9. The number of phenols is 1. The molecule has 2 aliphatic rings. The van der Waals surface area contributed by atoms with Crippen molar-refractivity contribution in [1.29, 1.82) is 0 Å². The van der Waals surface area contributed by atoms with Gasteiger partial charge in [0.2, 0.25) is 6.41 Å². The van der Waals surface area contributed by atoms with Gasteiger partial charge in [0.25, 0.3) is 0 Å². The number of hydrogen-bond acceptors (Lipinski definition) is 4. The van der Waals surface area contributed by atoms with Crippen LogP contribution >= 0.6 is 0 Å². The molecule has 2 aliphatic heterocycles. The zero-order valence-electron chi connectivity index (χ0n) is 15.2. The number of amides is 1. The van der Waals surface area contributed by atoms with Crippen LogP contribution in [0.1, 0.15) is 31.4 Å². The third-order valence-electron chi connectivity index (χ3n) is 5.40. The summed E-state index contributed by atoms with van der Waals surface area (Å²) in [7, 11) is 0. The quantitative estimate of drug-likeness (QED) is 0.614. The van der Waals surface area contributed by atoms with Gasteiger partial charge in [-0.3, -0.25) is 14.6 Å². The first-order chi connectivity index (χ1) is 12.1. The van der Waals surface area contributed by atoms with Crippen molar-refractivity contribution in [3.8, 4) is 5.75 Å². The topological polar surface area (TPSA) is 55.8 Å². The summed E-state index contributed by atoms with van der Waals surface area (Å²) in [5.74, 6) is 0.781. The van der Waals surface area contributed by atoms with E-state index >= 15 is 0 Å². The highest BCUT2D eigenvalue weighted by molar-refractivity contribution is 5.47. The van der Waals surface area contributed by atoms with Gasteiger partial charge in [-0.25, -0.2) is 0 Å². The fourth-order valence-corrected chi connectivity index (χ4v) is 3.99. The minimum absolute atomic E-state index is 0.00211. The Hall–Kier alpha value is -1.85. The molecule has 0 aliphatic carbocycles. The van der Waals surface area contributed by atoms with E-state index in [1.165, 1.54) is 5.56 Å². The zero-order chi connectivity index (χ0) is 17.8. The third kappa shape index (κ3) is 4.22. The molecule has 5 heteroatoms. The number of carbonyl (C=O) groups excluding carboxylic acids is 1. The molecular weight excluding hydrogens is 314 g/mol. The van der Waals surface area contributed by atoms with Crippen LogP contribution < -0.4 is 5.32 Å². The van der Waals surface area contributed by atoms with Crippen molar-refractivity contribution in [2.75, 3.05) is 19.6 Å². The maximum Gasteiger partial charge on any atom is 0.208 e. The summed E-state index contributed by atoms with van der Waals surface area (Å²) in [6, 6.07) is 5.91. The molecule has 1 amide bonds. The summed E-state index contributed by atoms with van der Waals surface area (Å²) in [4.78, 5) is 16.1. The maximum absolute atomic E-state index is 11.2. The molecule has 0 unspecified atom stereocenters. The number of benzene rings is 1. The molecule has 2 N–H and O–H groups in total. The van der Waals surface area contributed by atoms with Crippen LogP contribution in [0.3, 0.4) is 0 Å². The molecule has 5 nitrogen and oxygen atoms in total. The van der Waals surface area contributed by atoms with Gasteiger partial charge in [0.15, 0.2) is 0 Å². The zero-order valence-corrected chi connectivity index (χ0v) is 15.2. The van der Waals surface area contributed by atoms with Crippen LogP contribution in [0.4, 0.5) is 0 Å². The van der Waals surface area contributed by atoms with Gasteiger partial charge in [-0.2, -0.15) is 0 Å². The van der Waals surface area contributed by atoms with Gasteiger partial charge >= 0.3 is 0 Å². The Labute approximate surface area is 150 Å². The second kappa shape index (κ2) is 8.02. The lowest BCUT2D eigenvalue weighted by Gasteiger charge is -2.45. The van der Waals surface area contributed by atoms with Crippen LogP contribution in [0, 0.1) is 5.92 Å². The predicted octanol–water partition coefficient (Wildman–Crippen LogP) is 2.11. The SMILES string of the molecule is CC(C)[C@@H](CN1CC=CCC1)N1Cc2cc(O)ccc2C[C@@H]1NC=O. The number of fused-ring (bicyclic) bond motifs is 1. The van der Waals surface area contributed by atoms with E-state index in [0.717, 1.165) is 51.0 Å². The van der Waals surface area contributed by atoms with Crippen LogP contribution in [-0.2, 0) is 17.8 Å². The Morgan fingerprint density at radius 2 is 2.16 bits per heavy atom. The number of rotatable bonds is 6. The fourth-order valence-electron chi connectivity index (χ4n) is 3.99. The highest BCUT2D eigenvalue weighted by Gasteiger charge is 2.33. The second-order valence-corrected chi connectivity index (χ2v) is 7.46. The molecule has 25 heavy (non-hydrogen) atoms. The van der Waals surface area contributed by atoms with E-state index in [1.54, 1.807) is 6.07 Å². The highest BCUT2D eigenvalue weighted by Crippen LogP contribution is 2.29. The number of nitrogens with one attached hydrogen (secondary N) is 1. The van der Waals surface area contributed by atoms with E-state index in [-0.39, 0.29) is 6.17 Å². The van der Waals surface area contributed by atoms with Gasteiger partial charge in [0.05, 0.1) is 6.17 Å². The first-order valence-corrected chi connectivity index (χ1v) is 9.22. The Balaban J connectivity index is 1.83. The molecule has 0 spiro atoms. The van der Waals surface area contributed by atoms with Gasteiger partial charge in [0, 0.05) is 38.6 Å². The Morgan fingerprint density at radius 1 is 1.32 bits per heavy atom.